The number of nitrogens with zero attached hydrogens (tertiary/aromatic N) is 2. The smallest absolute Gasteiger partial charge is 0.253 e. The fourth-order valence-electron chi connectivity index (χ4n) is 3.50. The van der Waals surface area contributed by atoms with Gasteiger partial charge in [0.05, 0.1) is 0 Å². The molecule has 0 bridgehead atoms. The van der Waals surface area contributed by atoms with Crippen molar-refractivity contribution in [1.29, 1.82) is 0 Å². The van der Waals surface area contributed by atoms with Crippen molar-refractivity contribution in [3.63, 3.8) is 0 Å². The lowest BCUT2D eigenvalue weighted by Gasteiger charge is -2.32. The second-order valence-corrected chi connectivity index (χ2v) is 6.99. The van der Waals surface area contributed by atoms with Crippen molar-refractivity contribution in [3.8, 4) is 5.75 Å². The van der Waals surface area contributed by atoms with Gasteiger partial charge in [0, 0.05) is 36.6 Å². The fraction of sp³-hybridized carbons (Fsp3) is 0.429. The predicted octanol–water partition coefficient (Wildman–Crippen LogP) is 3.10. The molecule has 1 N–H and O–H groups in total. The summed E-state index contributed by atoms with van der Waals surface area (Å²) < 4.78 is 5.99. The van der Waals surface area contributed by atoms with Crippen LogP contribution in [0.3, 0.4) is 0 Å². The zero-order valence-electron chi connectivity index (χ0n) is 15.8. The van der Waals surface area contributed by atoms with Crippen LogP contribution in [0.15, 0.2) is 36.7 Å². The van der Waals surface area contributed by atoms with E-state index in [1.165, 1.54) is 0 Å². The Labute approximate surface area is 155 Å². The van der Waals surface area contributed by atoms with Crippen molar-refractivity contribution in [3.05, 3.63) is 58.9 Å². The van der Waals surface area contributed by atoms with E-state index in [1.807, 2.05) is 50.1 Å². The third-order valence-electron chi connectivity index (χ3n) is 4.99. The molecule has 0 radical (unpaired) electrons. The Hall–Kier alpha value is -2.40. The average molecular weight is 353 g/mol. The summed E-state index contributed by atoms with van der Waals surface area (Å²) in [6, 6.07) is 8.07. The largest absolute Gasteiger partial charge is 0.488 e. The minimum atomic E-state index is 0.0851. The molecule has 2 heterocycles. The molecule has 0 spiro atoms. The highest BCUT2D eigenvalue weighted by Crippen LogP contribution is 2.27. The van der Waals surface area contributed by atoms with Gasteiger partial charge < -0.3 is 15.0 Å². The lowest BCUT2D eigenvalue weighted by Crippen LogP contribution is -2.44. The number of piperidine rings is 1. The van der Waals surface area contributed by atoms with Crippen molar-refractivity contribution in [1.82, 2.24) is 15.2 Å². The molecular weight excluding hydrogens is 326 g/mol. The Morgan fingerprint density at radius 2 is 1.96 bits per heavy atom. The Balaban J connectivity index is 1.72. The van der Waals surface area contributed by atoms with Crippen LogP contribution in [0.4, 0.5) is 0 Å². The number of ether oxygens (including phenoxy) is 1. The molecule has 3 rings (SSSR count). The SMILES string of the molecule is Cc1cc(C(=O)N(C)C2CCNCC2)cc(C)c1OCc1cccnc1. The number of rotatable bonds is 5. The van der Waals surface area contributed by atoms with Crippen molar-refractivity contribution in [2.45, 2.75) is 39.3 Å². The molecule has 1 aromatic carbocycles. The van der Waals surface area contributed by atoms with E-state index in [1.54, 1.807) is 12.4 Å². The van der Waals surface area contributed by atoms with Crippen LogP contribution < -0.4 is 10.1 Å². The first-order valence-corrected chi connectivity index (χ1v) is 9.17. The number of hydrogen-bond acceptors (Lipinski definition) is 4. The Bertz CT molecular complexity index is 732. The van der Waals surface area contributed by atoms with Gasteiger partial charge in [-0.25, -0.2) is 0 Å². The normalized spacial score (nSPS) is 14.9. The number of hydrogen-bond donors (Lipinski definition) is 1. The number of carbonyl (C=O) groups excluding carboxylic acids is 1. The standard InChI is InChI=1S/C21H27N3O2/c1-15-11-18(21(25)24(3)19-6-9-22-10-7-19)12-16(2)20(15)26-14-17-5-4-8-23-13-17/h4-5,8,11-13,19,22H,6-7,9-10,14H2,1-3H3. The van der Waals surface area contributed by atoms with Gasteiger partial charge in [0.25, 0.3) is 5.91 Å². The molecule has 1 aliphatic rings. The highest BCUT2D eigenvalue weighted by Gasteiger charge is 2.23. The van der Waals surface area contributed by atoms with Crippen molar-refractivity contribution in [2.24, 2.45) is 0 Å². The van der Waals surface area contributed by atoms with Crippen LogP contribution in [0, 0.1) is 13.8 Å². The number of amides is 1. The van der Waals surface area contributed by atoms with Crippen LogP contribution in [-0.4, -0.2) is 42.0 Å². The van der Waals surface area contributed by atoms with Crippen LogP contribution in [-0.2, 0) is 6.61 Å². The quantitative estimate of drug-likeness (QED) is 0.897. The van der Waals surface area contributed by atoms with Crippen molar-refractivity contribution < 1.29 is 9.53 Å². The molecule has 5 nitrogen and oxygen atoms in total. The van der Waals surface area contributed by atoms with E-state index >= 15 is 0 Å². The van der Waals surface area contributed by atoms with E-state index in [2.05, 4.69) is 10.3 Å². The molecule has 0 aliphatic carbocycles. The van der Waals surface area contributed by atoms with Crippen molar-refractivity contribution in [2.75, 3.05) is 20.1 Å². The Morgan fingerprint density at radius 3 is 2.58 bits per heavy atom. The molecule has 5 heteroatoms. The van der Waals surface area contributed by atoms with Crippen LogP contribution in [0.1, 0.15) is 39.9 Å². The first-order valence-electron chi connectivity index (χ1n) is 9.17. The summed E-state index contributed by atoms with van der Waals surface area (Å²) in [5.41, 5.74) is 3.72. The van der Waals surface area contributed by atoms with E-state index in [4.69, 9.17) is 4.74 Å². The predicted molar refractivity (Wildman–Crippen MR) is 102 cm³/mol. The number of aryl methyl sites for hydroxylation is 2. The van der Waals surface area contributed by atoms with Gasteiger partial charge in [-0.05, 0) is 69.1 Å². The van der Waals surface area contributed by atoms with Crippen LogP contribution in [0.5, 0.6) is 5.75 Å². The monoisotopic (exact) mass is 353 g/mol. The summed E-state index contributed by atoms with van der Waals surface area (Å²) in [7, 11) is 1.91. The number of benzene rings is 1. The van der Waals surface area contributed by atoms with Gasteiger partial charge in [-0.1, -0.05) is 6.07 Å². The number of nitrogens with one attached hydrogen (secondary N) is 1. The summed E-state index contributed by atoms with van der Waals surface area (Å²) in [4.78, 5) is 18.9. The maximum absolute atomic E-state index is 12.9. The second kappa shape index (κ2) is 8.32. The lowest BCUT2D eigenvalue weighted by atomic mass is 10.0. The fourth-order valence-corrected chi connectivity index (χ4v) is 3.50. The second-order valence-electron chi connectivity index (χ2n) is 6.99. The lowest BCUT2D eigenvalue weighted by molar-refractivity contribution is 0.0703. The molecule has 2 aromatic rings. The highest BCUT2D eigenvalue weighted by atomic mass is 16.5. The average Bonchev–Trinajstić information content (AvgIpc) is 2.67. The minimum Gasteiger partial charge on any atom is -0.488 e. The van der Waals surface area contributed by atoms with Crippen LogP contribution >= 0.6 is 0 Å². The van der Waals surface area contributed by atoms with E-state index in [0.717, 1.165) is 53.9 Å². The zero-order valence-corrected chi connectivity index (χ0v) is 15.8. The molecule has 1 fully saturated rings. The summed E-state index contributed by atoms with van der Waals surface area (Å²) >= 11 is 0. The van der Waals surface area contributed by atoms with Crippen LogP contribution in [0.2, 0.25) is 0 Å². The molecule has 1 saturated heterocycles. The van der Waals surface area contributed by atoms with E-state index in [-0.39, 0.29) is 5.91 Å². The first kappa shape index (κ1) is 18.4. The van der Waals surface area contributed by atoms with Crippen molar-refractivity contribution >= 4 is 5.91 Å². The maximum Gasteiger partial charge on any atom is 0.253 e. The summed E-state index contributed by atoms with van der Waals surface area (Å²) in [5, 5.41) is 3.34. The zero-order chi connectivity index (χ0) is 18.5. The molecule has 1 amide bonds. The number of aromatic nitrogens is 1. The molecule has 138 valence electrons. The van der Waals surface area contributed by atoms with E-state index in [0.29, 0.717) is 12.6 Å². The molecular formula is C21H27N3O2. The molecule has 26 heavy (non-hydrogen) atoms. The topological polar surface area (TPSA) is 54.5 Å². The van der Waals surface area contributed by atoms with Gasteiger partial charge in [0.2, 0.25) is 0 Å². The molecule has 0 saturated carbocycles. The Kier molecular flexibility index (Phi) is 5.89. The molecule has 1 aromatic heterocycles. The highest BCUT2D eigenvalue weighted by molar-refractivity contribution is 5.95. The minimum absolute atomic E-state index is 0.0851. The summed E-state index contributed by atoms with van der Waals surface area (Å²) in [6.07, 6.45) is 5.56. The maximum atomic E-state index is 12.9. The Morgan fingerprint density at radius 1 is 1.27 bits per heavy atom. The van der Waals surface area contributed by atoms with Gasteiger partial charge in [-0.2, -0.15) is 0 Å². The number of carbonyl (C=O) groups is 1. The van der Waals surface area contributed by atoms with E-state index in [9.17, 15) is 4.79 Å². The summed E-state index contributed by atoms with van der Waals surface area (Å²) in [5.74, 6) is 0.928. The van der Waals surface area contributed by atoms with Gasteiger partial charge in [-0.15, -0.1) is 0 Å². The number of pyridine rings is 1. The third-order valence-corrected chi connectivity index (χ3v) is 4.99. The molecule has 1 aliphatic heterocycles. The first-order chi connectivity index (χ1) is 12.6. The van der Waals surface area contributed by atoms with Gasteiger partial charge in [-0.3, -0.25) is 9.78 Å². The third kappa shape index (κ3) is 4.22. The van der Waals surface area contributed by atoms with Gasteiger partial charge in [0.1, 0.15) is 12.4 Å². The van der Waals surface area contributed by atoms with Gasteiger partial charge in [0.15, 0.2) is 0 Å². The van der Waals surface area contributed by atoms with Gasteiger partial charge >= 0.3 is 0 Å². The summed E-state index contributed by atoms with van der Waals surface area (Å²) in [6.45, 7) is 6.40. The molecule has 0 atom stereocenters. The van der Waals surface area contributed by atoms with E-state index < -0.39 is 0 Å². The van der Waals surface area contributed by atoms with Crippen LogP contribution in [0.25, 0.3) is 0 Å². The molecule has 0 unspecified atom stereocenters.